The number of likely N-dealkylation sites (N-methyl/N-ethyl adjacent to an activating group) is 1. The van der Waals surface area contributed by atoms with E-state index >= 15 is 0 Å². The predicted octanol–water partition coefficient (Wildman–Crippen LogP) is 1.78. The highest BCUT2D eigenvalue weighted by Gasteiger charge is 2.25. The largest absolute Gasteiger partial charge is 0.495 e. The zero-order chi connectivity index (χ0) is 19.5. The van der Waals surface area contributed by atoms with Crippen molar-refractivity contribution in [1.29, 1.82) is 0 Å². The summed E-state index contributed by atoms with van der Waals surface area (Å²) in [5.74, 6) is 0.365. The van der Waals surface area contributed by atoms with Crippen LogP contribution >= 0.6 is 0 Å². The van der Waals surface area contributed by atoms with Crippen LogP contribution in [0.25, 0.3) is 0 Å². The fraction of sp³-hybridized carbons (Fsp3) is 0.400. The maximum atomic E-state index is 12.9. The van der Waals surface area contributed by atoms with Crippen molar-refractivity contribution >= 4 is 10.0 Å². The van der Waals surface area contributed by atoms with Crippen molar-refractivity contribution in [1.82, 2.24) is 4.72 Å². The second kappa shape index (κ2) is 8.20. The Bertz CT molecular complexity index is 859. The summed E-state index contributed by atoms with van der Waals surface area (Å²) in [6, 6.07) is 11.6. The van der Waals surface area contributed by atoms with Crippen molar-refractivity contribution in [2.45, 2.75) is 31.7 Å². The summed E-state index contributed by atoms with van der Waals surface area (Å²) < 4.78 is 33.8. The van der Waals surface area contributed by atoms with Crippen molar-refractivity contribution in [2.75, 3.05) is 27.7 Å². The molecule has 1 atom stereocenters. The monoisotopic (exact) mass is 377 g/mol. The van der Waals surface area contributed by atoms with Crippen molar-refractivity contribution in [3.8, 4) is 5.75 Å². The Balaban J connectivity index is 2.28. The Hall–Kier alpha value is -1.89. The Morgan fingerprint density at radius 3 is 2.15 bits per heavy atom. The third kappa shape index (κ3) is 4.63. The molecule has 0 bridgehead atoms. The second-order valence-corrected chi connectivity index (χ2v) is 8.72. The van der Waals surface area contributed by atoms with Gasteiger partial charge in [0.2, 0.25) is 10.0 Å². The van der Waals surface area contributed by atoms with Crippen LogP contribution in [0.3, 0.4) is 0 Å². The third-order valence-corrected chi connectivity index (χ3v) is 6.17. The van der Waals surface area contributed by atoms with Gasteiger partial charge in [-0.3, -0.25) is 0 Å². The molecule has 2 N–H and O–H groups in total. The van der Waals surface area contributed by atoms with Crippen LogP contribution in [0.2, 0.25) is 0 Å². The van der Waals surface area contributed by atoms with E-state index in [4.69, 9.17) is 4.74 Å². The highest BCUT2D eigenvalue weighted by Crippen LogP contribution is 2.27. The fourth-order valence-corrected chi connectivity index (χ4v) is 4.14. The molecule has 0 radical (unpaired) electrons. The number of rotatable bonds is 7. The zero-order valence-corrected chi connectivity index (χ0v) is 17.2. The highest BCUT2D eigenvalue weighted by molar-refractivity contribution is 7.89. The number of benzene rings is 2. The summed E-state index contributed by atoms with van der Waals surface area (Å²) in [4.78, 5) is 1.34. The van der Waals surface area contributed by atoms with Gasteiger partial charge in [0.1, 0.15) is 16.7 Å². The van der Waals surface area contributed by atoms with Gasteiger partial charge in [-0.2, -0.15) is 0 Å². The quantitative estimate of drug-likeness (QED) is 0.773. The fourth-order valence-electron chi connectivity index (χ4n) is 2.86. The molecule has 0 aliphatic heterocycles. The van der Waals surface area contributed by atoms with Gasteiger partial charge in [-0.15, -0.1) is 0 Å². The third-order valence-electron chi connectivity index (χ3n) is 4.72. The summed E-state index contributed by atoms with van der Waals surface area (Å²) in [6.07, 6.45) is 0. The molecule has 26 heavy (non-hydrogen) atoms. The Kier molecular flexibility index (Phi) is 6.44. The van der Waals surface area contributed by atoms with Gasteiger partial charge in [0.25, 0.3) is 0 Å². The van der Waals surface area contributed by atoms with Crippen LogP contribution in [0.1, 0.15) is 28.3 Å². The summed E-state index contributed by atoms with van der Waals surface area (Å²) in [5.41, 5.74) is 4.20. The summed E-state index contributed by atoms with van der Waals surface area (Å²) in [6.45, 7) is 6.18. The Labute approximate surface area is 157 Å². The number of quaternary nitrogens is 1. The van der Waals surface area contributed by atoms with Crippen LogP contribution < -0.4 is 14.4 Å². The molecule has 0 aromatic heterocycles. The standard InChI is InChI=1S/C20H28N2O3S/c1-14-7-9-17(10-8-14)18(22(4)5)13-21-26(23,24)20-12-16(3)15(2)11-19(20)25-6/h7-12,18,21H,13H2,1-6H3/p+1/t18-/m1/s1. The van der Waals surface area contributed by atoms with Gasteiger partial charge in [0.05, 0.1) is 27.7 Å². The number of nitrogens with one attached hydrogen (secondary N) is 2. The van der Waals surface area contributed by atoms with E-state index in [0.29, 0.717) is 12.3 Å². The molecule has 0 saturated carbocycles. The molecular formula is C20H29N2O3S+. The Morgan fingerprint density at radius 1 is 1.04 bits per heavy atom. The number of hydrogen-bond acceptors (Lipinski definition) is 3. The molecule has 142 valence electrons. The average Bonchev–Trinajstić information content (AvgIpc) is 2.58. The highest BCUT2D eigenvalue weighted by atomic mass is 32.2. The average molecular weight is 378 g/mol. The van der Waals surface area contributed by atoms with Gasteiger partial charge in [0.15, 0.2) is 0 Å². The lowest BCUT2D eigenvalue weighted by atomic mass is 10.0. The molecule has 2 aromatic rings. The molecular weight excluding hydrogens is 348 g/mol. The summed E-state index contributed by atoms with van der Waals surface area (Å²) in [5, 5.41) is 0. The van der Waals surface area contributed by atoms with E-state index < -0.39 is 10.0 Å². The molecule has 6 heteroatoms. The van der Waals surface area contributed by atoms with Crippen molar-refractivity contribution < 1.29 is 18.1 Å². The minimum Gasteiger partial charge on any atom is -0.495 e. The number of ether oxygens (including phenoxy) is 1. The van der Waals surface area contributed by atoms with E-state index in [1.807, 2.05) is 47.0 Å². The molecule has 0 aliphatic carbocycles. The Morgan fingerprint density at radius 2 is 1.62 bits per heavy atom. The SMILES string of the molecule is COc1cc(C)c(C)cc1S(=O)(=O)NC[C@H](c1ccc(C)cc1)[NH+](C)C. The van der Waals surface area contributed by atoms with E-state index in [1.165, 1.54) is 12.7 Å². The van der Waals surface area contributed by atoms with E-state index in [0.717, 1.165) is 21.6 Å². The van der Waals surface area contributed by atoms with Crippen LogP contribution in [0.5, 0.6) is 5.75 Å². The number of hydrogen-bond donors (Lipinski definition) is 2. The first kappa shape index (κ1) is 20.4. The van der Waals surface area contributed by atoms with E-state index in [9.17, 15) is 8.42 Å². The van der Waals surface area contributed by atoms with E-state index in [1.54, 1.807) is 12.1 Å². The molecule has 0 heterocycles. The van der Waals surface area contributed by atoms with Crippen LogP contribution in [0, 0.1) is 20.8 Å². The maximum absolute atomic E-state index is 12.9. The van der Waals surface area contributed by atoms with Crippen LogP contribution in [0.4, 0.5) is 0 Å². The number of methoxy groups -OCH3 is 1. The first-order valence-corrected chi connectivity index (χ1v) is 10.2. The van der Waals surface area contributed by atoms with Gasteiger partial charge in [-0.25, -0.2) is 13.1 Å². The molecule has 0 spiro atoms. The van der Waals surface area contributed by atoms with Crippen LogP contribution in [-0.4, -0.2) is 36.2 Å². The lowest BCUT2D eigenvalue weighted by Gasteiger charge is -2.23. The van der Waals surface area contributed by atoms with E-state index in [2.05, 4.69) is 16.9 Å². The smallest absolute Gasteiger partial charge is 0.244 e. The van der Waals surface area contributed by atoms with Crippen molar-refractivity contribution in [2.24, 2.45) is 0 Å². The molecule has 5 nitrogen and oxygen atoms in total. The van der Waals surface area contributed by atoms with Gasteiger partial charge in [-0.05, 0) is 44.0 Å². The lowest BCUT2D eigenvalue weighted by molar-refractivity contribution is -0.890. The van der Waals surface area contributed by atoms with E-state index in [-0.39, 0.29) is 10.9 Å². The second-order valence-electron chi connectivity index (χ2n) is 6.98. The molecule has 0 aliphatic rings. The first-order valence-electron chi connectivity index (χ1n) is 8.67. The summed E-state index contributed by atoms with van der Waals surface area (Å²) in [7, 11) is 1.86. The van der Waals surface area contributed by atoms with Crippen LogP contribution in [-0.2, 0) is 10.0 Å². The van der Waals surface area contributed by atoms with Gasteiger partial charge in [0, 0.05) is 5.56 Å². The minimum atomic E-state index is -3.68. The first-order chi connectivity index (χ1) is 12.2. The van der Waals surface area contributed by atoms with Gasteiger partial charge in [-0.1, -0.05) is 29.8 Å². The molecule has 2 rings (SSSR count). The van der Waals surface area contributed by atoms with Gasteiger partial charge < -0.3 is 9.64 Å². The maximum Gasteiger partial charge on any atom is 0.244 e. The van der Waals surface area contributed by atoms with Crippen molar-refractivity contribution in [3.05, 3.63) is 58.7 Å². The normalized spacial score (nSPS) is 13.0. The molecule has 0 fully saturated rings. The van der Waals surface area contributed by atoms with Crippen molar-refractivity contribution in [3.63, 3.8) is 0 Å². The van der Waals surface area contributed by atoms with Crippen LogP contribution in [0.15, 0.2) is 41.3 Å². The molecule has 0 amide bonds. The number of aryl methyl sites for hydroxylation is 3. The van der Waals surface area contributed by atoms with Gasteiger partial charge >= 0.3 is 0 Å². The summed E-state index contributed by atoms with van der Waals surface area (Å²) >= 11 is 0. The topological polar surface area (TPSA) is 59.8 Å². The predicted molar refractivity (Wildman–Crippen MR) is 104 cm³/mol. The lowest BCUT2D eigenvalue weighted by Crippen LogP contribution is -3.07. The molecule has 0 saturated heterocycles. The molecule has 2 aromatic carbocycles. The minimum absolute atomic E-state index is 0.0166. The number of sulfonamides is 1. The zero-order valence-electron chi connectivity index (χ0n) is 16.4. The molecule has 0 unspecified atom stereocenters.